The van der Waals surface area contributed by atoms with Gasteiger partial charge in [-0.25, -0.2) is 4.79 Å². The third-order valence-corrected chi connectivity index (χ3v) is 3.11. The molecule has 0 radical (unpaired) electrons. The predicted molar refractivity (Wildman–Crippen MR) is 68.8 cm³/mol. The molecule has 0 saturated carbocycles. The van der Waals surface area contributed by atoms with Gasteiger partial charge in [-0.15, -0.1) is 0 Å². The van der Waals surface area contributed by atoms with Gasteiger partial charge < -0.3 is 4.74 Å². The van der Waals surface area contributed by atoms with Crippen molar-refractivity contribution in [3.05, 3.63) is 35.4 Å². The van der Waals surface area contributed by atoms with Crippen molar-refractivity contribution in [3.63, 3.8) is 0 Å². The van der Waals surface area contributed by atoms with Gasteiger partial charge in [-0.3, -0.25) is 0 Å². The van der Waals surface area contributed by atoms with Gasteiger partial charge in [0.1, 0.15) is 0 Å². The van der Waals surface area contributed by atoms with E-state index in [9.17, 15) is 13.6 Å². The lowest BCUT2D eigenvalue weighted by molar-refractivity contribution is -0.173. The molecule has 0 aliphatic carbocycles. The largest absolute Gasteiger partial charge is 0.461 e. The maximum atomic E-state index is 13.7. The molecule has 1 aromatic rings. The molecule has 0 N–H and O–H groups in total. The molecule has 2 nitrogen and oxygen atoms in total. The van der Waals surface area contributed by atoms with Crippen molar-refractivity contribution in [2.45, 2.75) is 31.0 Å². The molecule has 0 atom stereocenters. The van der Waals surface area contributed by atoms with Gasteiger partial charge in [0.2, 0.25) is 0 Å². The summed E-state index contributed by atoms with van der Waals surface area (Å²) in [6.45, 7) is 1.93. The monoisotopic (exact) mass is 320 g/mol. The quantitative estimate of drug-likeness (QED) is 0.449. The minimum Gasteiger partial charge on any atom is -0.461 e. The highest BCUT2D eigenvalue weighted by atomic mass is 79.9. The average molecular weight is 321 g/mol. The van der Waals surface area contributed by atoms with Gasteiger partial charge in [-0.1, -0.05) is 53.5 Å². The van der Waals surface area contributed by atoms with Gasteiger partial charge >= 0.3 is 11.9 Å². The first-order chi connectivity index (χ1) is 8.52. The Morgan fingerprint density at radius 2 is 1.94 bits per heavy atom. The molecule has 0 saturated heterocycles. The van der Waals surface area contributed by atoms with Crippen LogP contribution >= 0.6 is 15.9 Å². The highest BCUT2D eigenvalue weighted by Gasteiger charge is 2.42. The Labute approximate surface area is 113 Å². The lowest BCUT2D eigenvalue weighted by Gasteiger charge is -2.15. The first-order valence-electron chi connectivity index (χ1n) is 5.72. The number of alkyl halides is 3. The topological polar surface area (TPSA) is 26.3 Å². The zero-order valence-corrected chi connectivity index (χ0v) is 11.7. The molecule has 0 spiro atoms. The molecular weight excluding hydrogens is 306 g/mol. The zero-order chi connectivity index (χ0) is 13.6. The van der Waals surface area contributed by atoms with Crippen LogP contribution in [0.1, 0.15) is 30.9 Å². The van der Waals surface area contributed by atoms with E-state index >= 15 is 0 Å². The summed E-state index contributed by atoms with van der Waals surface area (Å²) in [6, 6.07) is 5.60. The molecule has 0 aromatic heterocycles. The molecule has 0 aliphatic rings. The maximum absolute atomic E-state index is 13.7. The molecular formula is C13H15BrF2O2. The fourth-order valence-electron chi connectivity index (χ4n) is 1.32. The highest BCUT2D eigenvalue weighted by Crippen LogP contribution is 2.29. The van der Waals surface area contributed by atoms with Gasteiger partial charge in [0, 0.05) is 10.9 Å². The maximum Gasteiger partial charge on any atom is 0.381 e. The first-order valence-corrected chi connectivity index (χ1v) is 6.85. The van der Waals surface area contributed by atoms with Crippen LogP contribution in [0.15, 0.2) is 24.3 Å². The molecule has 5 heteroatoms. The molecule has 100 valence electrons. The zero-order valence-electron chi connectivity index (χ0n) is 10.1. The molecule has 0 aliphatic heterocycles. The van der Waals surface area contributed by atoms with E-state index in [1.807, 2.05) is 6.92 Å². The first kappa shape index (κ1) is 15.1. The predicted octanol–water partition coefficient (Wildman–Crippen LogP) is 4.02. The van der Waals surface area contributed by atoms with Crippen LogP contribution in [-0.4, -0.2) is 12.6 Å². The van der Waals surface area contributed by atoms with Crippen LogP contribution in [0, 0.1) is 0 Å². The van der Waals surface area contributed by atoms with Crippen molar-refractivity contribution in [1.29, 1.82) is 0 Å². The standard InChI is InChI=1S/C13H15BrF2O2/c1-2-3-8-18-12(17)13(15,16)11-6-4-10(9-14)5-7-11/h4-7H,2-3,8-9H2,1H3. The summed E-state index contributed by atoms with van der Waals surface area (Å²) < 4.78 is 32.0. The van der Waals surface area contributed by atoms with Crippen molar-refractivity contribution in [3.8, 4) is 0 Å². The Kier molecular flexibility index (Phi) is 5.72. The lowest BCUT2D eigenvalue weighted by atomic mass is 10.1. The lowest BCUT2D eigenvalue weighted by Crippen LogP contribution is -2.28. The van der Waals surface area contributed by atoms with Crippen molar-refractivity contribution < 1.29 is 18.3 Å². The van der Waals surface area contributed by atoms with Crippen molar-refractivity contribution in [2.75, 3.05) is 6.61 Å². The smallest absolute Gasteiger partial charge is 0.381 e. The second kappa shape index (κ2) is 6.83. The van der Waals surface area contributed by atoms with E-state index < -0.39 is 11.9 Å². The summed E-state index contributed by atoms with van der Waals surface area (Å²) in [4.78, 5) is 11.3. The van der Waals surface area contributed by atoms with Crippen LogP contribution in [0.4, 0.5) is 8.78 Å². The Hall–Kier alpha value is -0.970. The van der Waals surface area contributed by atoms with E-state index in [-0.39, 0.29) is 12.2 Å². The average Bonchev–Trinajstić information content (AvgIpc) is 2.39. The number of rotatable bonds is 6. The second-order valence-electron chi connectivity index (χ2n) is 3.89. The van der Waals surface area contributed by atoms with Crippen LogP contribution in [0.2, 0.25) is 0 Å². The van der Waals surface area contributed by atoms with Crippen LogP contribution in [0.5, 0.6) is 0 Å². The van der Waals surface area contributed by atoms with Gasteiger partial charge in [0.15, 0.2) is 0 Å². The summed E-state index contributed by atoms with van der Waals surface area (Å²) >= 11 is 3.22. The van der Waals surface area contributed by atoms with Crippen LogP contribution < -0.4 is 0 Å². The Bertz CT molecular complexity index is 390. The minimum atomic E-state index is -3.58. The molecule has 0 heterocycles. The molecule has 1 rings (SSSR count). The molecule has 0 amide bonds. The Balaban J connectivity index is 2.74. The minimum absolute atomic E-state index is 0.0321. The van der Waals surface area contributed by atoms with Crippen LogP contribution in [0.25, 0.3) is 0 Å². The summed E-state index contributed by atoms with van der Waals surface area (Å²) in [7, 11) is 0. The van der Waals surface area contributed by atoms with Gasteiger partial charge in [-0.2, -0.15) is 8.78 Å². The van der Waals surface area contributed by atoms with E-state index in [0.717, 1.165) is 12.0 Å². The normalized spacial score (nSPS) is 11.3. The van der Waals surface area contributed by atoms with Gasteiger partial charge in [0.25, 0.3) is 0 Å². The molecule has 0 fully saturated rings. The molecule has 1 aromatic carbocycles. The van der Waals surface area contributed by atoms with Crippen molar-refractivity contribution in [2.24, 2.45) is 0 Å². The van der Waals surface area contributed by atoms with Crippen LogP contribution in [-0.2, 0) is 20.8 Å². The molecule has 18 heavy (non-hydrogen) atoms. The van der Waals surface area contributed by atoms with E-state index in [0.29, 0.717) is 11.8 Å². The second-order valence-corrected chi connectivity index (χ2v) is 4.46. The Morgan fingerprint density at radius 3 is 2.44 bits per heavy atom. The summed E-state index contributed by atoms with van der Waals surface area (Å²) in [5, 5.41) is 0.583. The number of hydrogen-bond donors (Lipinski definition) is 0. The number of esters is 1. The van der Waals surface area contributed by atoms with E-state index in [2.05, 4.69) is 20.7 Å². The number of unbranched alkanes of at least 4 members (excludes halogenated alkanes) is 1. The van der Waals surface area contributed by atoms with E-state index in [1.165, 1.54) is 12.1 Å². The van der Waals surface area contributed by atoms with E-state index in [1.54, 1.807) is 12.1 Å². The third kappa shape index (κ3) is 3.77. The van der Waals surface area contributed by atoms with E-state index in [4.69, 9.17) is 0 Å². The summed E-state index contributed by atoms with van der Waals surface area (Å²) in [5.41, 5.74) is 0.530. The summed E-state index contributed by atoms with van der Waals surface area (Å²) in [5.74, 6) is -5.07. The summed E-state index contributed by atoms with van der Waals surface area (Å²) in [6.07, 6.45) is 1.38. The number of carbonyl (C=O) groups excluding carboxylic acids is 1. The fourth-order valence-corrected chi connectivity index (χ4v) is 1.69. The number of carbonyl (C=O) groups is 1. The molecule has 0 unspecified atom stereocenters. The van der Waals surface area contributed by atoms with Gasteiger partial charge in [-0.05, 0) is 12.0 Å². The number of halogens is 3. The SMILES string of the molecule is CCCCOC(=O)C(F)(F)c1ccc(CBr)cc1. The van der Waals surface area contributed by atoms with Crippen molar-refractivity contribution >= 4 is 21.9 Å². The van der Waals surface area contributed by atoms with Gasteiger partial charge in [0.05, 0.1) is 6.61 Å². The Morgan fingerprint density at radius 1 is 1.33 bits per heavy atom. The number of ether oxygens (including phenoxy) is 1. The highest BCUT2D eigenvalue weighted by molar-refractivity contribution is 9.08. The number of benzene rings is 1. The third-order valence-electron chi connectivity index (χ3n) is 2.46. The number of hydrogen-bond acceptors (Lipinski definition) is 2. The van der Waals surface area contributed by atoms with Crippen LogP contribution in [0.3, 0.4) is 0 Å². The molecule has 0 bridgehead atoms. The van der Waals surface area contributed by atoms with Crippen molar-refractivity contribution in [1.82, 2.24) is 0 Å². The fraction of sp³-hybridized carbons (Fsp3) is 0.462.